The van der Waals surface area contributed by atoms with Gasteiger partial charge in [0.1, 0.15) is 0 Å². The summed E-state index contributed by atoms with van der Waals surface area (Å²) in [5, 5.41) is 3.18. The molecule has 1 heterocycles. The number of hydrogen-bond donors (Lipinski definition) is 1. The van der Waals surface area contributed by atoms with Gasteiger partial charge in [-0.3, -0.25) is 9.78 Å². The van der Waals surface area contributed by atoms with Gasteiger partial charge in [-0.1, -0.05) is 34.8 Å². The van der Waals surface area contributed by atoms with Crippen molar-refractivity contribution in [3.05, 3.63) is 51.0 Å². The highest BCUT2D eigenvalue weighted by Crippen LogP contribution is 2.32. The molecular weight excluding hydrogens is 365 g/mol. The van der Waals surface area contributed by atoms with Crippen molar-refractivity contribution in [1.82, 2.24) is 9.97 Å². The van der Waals surface area contributed by atoms with Crippen molar-refractivity contribution in [3.8, 4) is 0 Å². The van der Waals surface area contributed by atoms with E-state index in [1.165, 1.54) is 24.5 Å². The molecule has 2 rings (SSSR count). The number of carbonyl (C=O) groups excluding carboxylic acids is 2. The van der Waals surface area contributed by atoms with Crippen LogP contribution in [0.1, 0.15) is 16.2 Å². The molecular formula is C14H10Cl3N3O3. The number of esters is 1. The molecule has 1 aromatic carbocycles. The number of carbonyl (C=O) groups is 2. The Balaban J connectivity index is 1.94. The number of aryl methyl sites for hydroxylation is 1. The summed E-state index contributed by atoms with van der Waals surface area (Å²) in [6.45, 7) is 1.22. The van der Waals surface area contributed by atoms with Crippen LogP contribution in [0, 0.1) is 6.92 Å². The third-order valence-corrected chi connectivity index (χ3v) is 3.64. The monoisotopic (exact) mass is 373 g/mol. The number of nitrogens with zero attached hydrogens (tertiary/aromatic N) is 2. The smallest absolute Gasteiger partial charge is 0.359 e. The Labute approximate surface area is 146 Å². The molecule has 0 aliphatic carbocycles. The molecule has 23 heavy (non-hydrogen) atoms. The van der Waals surface area contributed by atoms with Gasteiger partial charge >= 0.3 is 5.97 Å². The number of hydrogen-bond acceptors (Lipinski definition) is 5. The summed E-state index contributed by atoms with van der Waals surface area (Å²) in [6.07, 6.45) is 2.69. The Hall–Kier alpha value is -1.89. The average molecular weight is 375 g/mol. The van der Waals surface area contributed by atoms with Crippen LogP contribution in [0.3, 0.4) is 0 Å². The SMILES string of the molecule is Cc1cnc(C(=O)OCC(=O)Nc2cc(Cl)c(Cl)cc2Cl)cn1. The fraction of sp³-hybridized carbons (Fsp3) is 0.143. The van der Waals surface area contributed by atoms with Crippen LogP contribution in [0.4, 0.5) is 5.69 Å². The molecule has 9 heteroatoms. The van der Waals surface area contributed by atoms with E-state index < -0.39 is 18.5 Å². The van der Waals surface area contributed by atoms with Gasteiger partial charge in [0.05, 0.1) is 32.6 Å². The van der Waals surface area contributed by atoms with Gasteiger partial charge < -0.3 is 10.1 Å². The van der Waals surface area contributed by atoms with Gasteiger partial charge in [-0.2, -0.15) is 0 Å². The maximum absolute atomic E-state index is 11.8. The Bertz CT molecular complexity index is 751. The Morgan fingerprint density at radius 2 is 1.78 bits per heavy atom. The van der Waals surface area contributed by atoms with Crippen molar-refractivity contribution in [1.29, 1.82) is 0 Å². The molecule has 0 atom stereocenters. The van der Waals surface area contributed by atoms with Gasteiger partial charge in [0.2, 0.25) is 0 Å². The molecule has 1 amide bonds. The zero-order valence-corrected chi connectivity index (χ0v) is 14.0. The molecule has 0 saturated carbocycles. The van der Waals surface area contributed by atoms with Crippen LogP contribution in [0.2, 0.25) is 15.1 Å². The van der Waals surface area contributed by atoms with Crippen LogP contribution >= 0.6 is 34.8 Å². The van der Waals surface area contributed by atoms with Crippen LogP contribution < -0.4 is 5.32 Å². The zero-order chi connectivity index (χ0) is 17.0. The van der Waals surface area contributed by atoms with Gasteiger partial charge in [-0.05, 0) is 19.1 Å². The highest BCUT2D eigenvalue weighted by Gasteiger charge is 2.14. The molecule has 2 aromatic rings. The van der Waals surface area contributed by atoms with Crippen molar-refractivity contribution in [3.63, 3.8) is 0 Å². The minimum atomic E-state index is -0.757. The summed E-state index contributed by atoms with van der Waals surface area (Å²) in [5.41, 5.74) is 0.932. The van der Waals surface area contributed by atoms with Crippen LogP contribution in [-0.2, 0) is 9.53 Å². The summed E-state index contributed by atoms with van der Waals surface area (Å²) in [5.74, 6) is -1.34. The number of ether oxygens (including phenoxy) is 1. The molecule has 1 aromatic heterocycles. The molecule has 1 N–H and O–H groups in total. The van der Waals surface area contributed by atoms with E-state index in [1.54, 1.807) is 6.92 Å². The lowest BCUT2D eigenvalue weighted by Crippen LogP contribution is -2.21. The highest BCUT2D eigenvalue weighted by atomic mass is 35.5. The number of nitrogens with one attached hydrogen (secondary N) is 1. The molecule has 0 bridgehead atoms. The molecule has 0 aliphatic rings. The second-order valence-electron chi connectivity index (χ2n) is 4.41. The third-order valence-electron chi connectivity index (χ3n) is 2.61. The number of benzene rings is 1. The number of aromatic nitrogens is 2. The van der Waals surface area contributed by atoms with Crippen molar-refractivity contribution < 1.29 is 14.3 Å². The normalized spacial score (nSPS) is 10.3. The summed E-state index contributed by atoms with van der Waals surface area (Å²) >= 11 is 17.6. The van der Waals surface area contributed by atoms with Crippen molar-refractivity contribution in [2.75, 3.05) is 11.9 Å². The van der Waals surface area contributed by atoms with E-state index in [1.807, 2.05) is 0 Å². The zero-order valence-electron chi connectivity index (χ0n) is 11.8. The average Bonchev–Trinajstić information content (AvgIpc) is 2.51. The number of anilines is 1. The van der Waals surface area contributed by atoms with E-state index >= 15 is 0 Å². The van der Waals surface area contributed by atoms with Crippen LogP contribution in [-0.4, -0.2) is 28.5 Å². The summed E-state index contributed by atoms with van der Waals surface area (Å²) in [7, 11) is 0. The number of amides is 1. The molecule has 120 valence electrons. The summed E-state index contributed by atoms with van der Waals surface area (Å²) in [6, 6.07) is 2.80. The predicted octanol–water partition coefficient (Wildman–Crippen LogP) is 3.54. The first-order valence-electron chi connectivity index (χ1n) is 6.27. The number of halogens is 3. The first kappa shape index (κ1) is 17.5. The lowest BCUT2D eigenvalue weighted by molar-refractivity contribution is -0.119. The van der Waals surface area contributed by atoms with Crippen LogP contribution in [0.15, 0.2) is 24.5 Å². The summed E-state index contributed by atoms with van der Waals surface area (Å²) < 4.78 is 4.84. The van der Waals surface area contributed by atoms with Crippen LogP contribution in [0.5, 0.6) is 0 Å². The first-order valence-corrected chi connectivity index (χ1v) is 7.40. The van der Waals surface area contributed by atoms with Crippen LogP contribution in [0.25, 0.3) is 0 Å². The molecule has 0 saturated heterocycles. The summed E-state index contributed by atoms with van der Waals surface area (Å²) in [4.78, 5) is 31.3. The lowest BCUT2D eigenvalue weighted by atomic mass is 10.3. The maximum atomic E-state index is 11.8. The van der Waals surface area contributed by atoms with E-state index in [9.17, 15) is 9.59 Å². The highest BCUT2D eigenvalue weighted by molar-refractivity contribution is 6.44. The molecule has 0 fully saturated rings. The fourth-order valence-corrected chi connectivity index (χ4v) is 2.10. The second-order valence-corrected chi connectivity index (χ2v) is 5.64. The van der Waals surface area contributed by atoms with Crippen molar-refractivity contribution in [2.24, 2.45) is 0 Å². The quantitative estimate of drug-likeness (QED) is 0.654. The van der Waals surface area contributed by atoms with E-state index in [0.29, 0.717) is 5.69 Å². The first-order chi connectivity index (χ1) is 10.9. The van der Waals surface area contributed by atoms with E-state index in [-0.39, 0.29) is 26.4 Å². The van der Waals surface area contributed by atoms with E-state index in [0.717, 1.165) is 0 Å². The largest absolute Gasteiger partial charge is 0.451 e. The standard InChI is InChI=1S/C14H10Cl3N3O3/c1-7-4-19-12(5-18-7)14(22)23-6-13(21)20-11-3-9(16)8(15)2-10(11)17/h2-5H,6H2,1H3,(H,20,21). The Morgan fingerprint density at radius 1 is 1.09 bits per heavy atom. The van der Waals surface area contributed by atoms with E-state index in [4.69, 9.17) is 39.5 Å². The maximum Gasteiger partial charge on any atom is 0.359 e. The second kappa shape index (κ2) is 7.59. The van der Waals surface area contributed by atoms with Gasteiger partial charge in [0.25, 0.3) is 5.91 Å². The molecule has 0 aliphatic heterocycles. The molecule has 0 radical (unpaired) electrons. The van der Waals surface area contributed by atoms with Crippen molar-refractivity contribution >= 4 is 52.4 Å². The Morgan fingerprint density at radius 3 is 2.43 bits per heavy atom. The van der Waals surface area contributed by atoms with Gasteiger partial charge in [-0.15, -0.1) is 0 Å². The predicted molar refractivity (Wildman–Crippen MR) is 87.2 cm³/mol. The third kappa shape index (κ3) is 4.79. The van der Waals surface area contributed by atoms with E-state index in [2.05, 4.69) is 15.3 Å². The van der Waals surface area contributed by atoms with Gasteiger partial charge in [0.15, 0.2) is 12.3 Å². The topological polar surface area (TPSA) is 81.2 Å². The van der Waals surface area contributed by atoms with Crippen molar-refractivity contribution in [2.45, 2.75) is 6.92 Å². The molecule has 6 nitrogen and oxygen atoms in total. The fourth-order valence-electron chi connectivity index (χ4n) is 1.51. The minimum Gasteiger partial charge on any atom is -0.451 e. The molecule has 0 spiro atoms. The van der Waals surface area contributed by atoms with Gasteiger partial charge in [0, 0.05) is 6.20 Å². The van der Waals surface area contributed by atoms with Gasteiger partial charge in [-0.25, -0.2) is 9.78 Å². The molecule has 0 unspecified atom stereocenters. The minimum absolute atomic E-state index is 0.0102. The Kier molecular flexibility index (Phi) is 5.76. The lowest BCUT2D eigenvalue weighted by Gasteiger charge is -2.09. The number of rotatable bonds is 4.